The van der Waals surface area contributed by atoms with E-state index in [0.717, 1.165) is 36.0 Å². The molecule has 7 nitrogen and oxygen atoms in total. The zero-order valence-corrected chi connectivity index (χ0v) is 21.8. The Morgan fingerprint density at radius 3 is 2.30 bits per heavy atom. The van der Waals surface area contributed by atoms with E-state index in [1.165, 1.54) is 12.1 Å². The maximum Gasteiger partial charge on any atom is 0.416 e. The third kappa shape index (κ3) is 7.01. The second kappa shape index (κ2) is 11.1. The standard InChI is InChI=1S/C25H29F4N5O2S/c1-6-13(2)30-21(36)17-11-15(25(27,28)29)12-18(22-33-34-23(37-22)24(3,4)5)19(17)31-32-20(35)14-7-9-16(26)10-8-14/h7-13,19,31,33H,6H2,1-5H3,(H,30,36)(H,32,35). The number of benzene rings is 1. The van der Waals surface area contributed by atoms with Gasteiger partial charge in [0.15, 0.2) is 0 Å². The van der Waals surface area contributed by atoms with Gasteiger partial charge >= 0.3 is 6.18 Å². The number of allylic oxidation sites excluding steroid dienone is 2. The molecule has 2 amide bonds. The lowest BCUT2D eigenvalue weighted by Crippen LogP contribution is -2.50. The Balaban J connectivity index is 2.03. The molecule has 0 aromatic heterocycles. The highest BCUT2D eigenvalue weighted by Crippen LogP contribution is 2.40. The lowest BCUT2D eigenvalue weighted by Gasteiger charge is -2.29. The van der Waals surface area contributed by atoms with E-state index >= 15 is 0 Å². The van der Waals surface area contributed by atoms with Gasteiger partial charge in [0, 0.05) is 28.2 Å². The van der Waals surface area contributed by atoms with Crippen LogP contribution in [-0.2, 0) is 4.79 Å². The van der Waals surface area contributed by atoms with Crippen molar-refractivity contribution in [3.63, 3.8) is 0 Å². The van der Waals surface area contributed by atoms with Crippen LogP contribution >= 0.6 is 11.8 Å². The van der Waals surface area contributed by atoms with E-state index in [-0.39, 0.29) is 28.2 Å². The molecule has 1 heterocycles. The molecule has 2 unspecified atom stereocenters. The van der Waals surface area contributed by atoms with Gasteiger partial charge in [-0.05, 0) is 49.8 Å². The summed E-state index contributed by atoms with van der Waals surface area (Å²) in [4.78, 5) is 25.8. The summed E-state index contributed by atoms with van der Waals surface area (Å²) in [6.07, 6.45) is -2.46. The van der Waals surface area contributed by atoms with Gasteiger partial charge in [-0.15, -0.1) is 0 Å². The fourth-order valence-electron chi connectivity index (χ4n) is 3.33. The minimum Gasteiger partial charge on any atom is -0.350 e. The quantitative estimate of drug-likeness (QED) is 0.311. The molecule has 0 bridgehead atoms. The van der Waals surface area contributed by atoms with Crippen LogP contribution in [0.15, 0.2) is 63.3 Å². The van der Waals surface area contributed by atoms with Gasteiger partial charge in [0.25, 0.3) is 5.91 Å². The predicted molar refractivity (Wildman–Crippen MR) is 136 cm³/mol. The Bertz CT molecular complexity index is 1180. The van der Waals surface area contributed by atoms with Crippen LogP contribution in [0.25, 0.3) is 0 Å². The molecule has 2 atom stereocenters. The molecule has 1 aromatic rings. The van der Waals surface area contributed by atoms with Gasteiger partial charge in [-0.25, -0.2) is 9.82 Å². The number of nitrogens with one attached hydrogen (secondary N) is 4. The normalized spacial score (nSPS) is 20.9. The summed E-state index contributed by atoms with van der Waals surface area (Å²) in [7, 11) is 0. The first-order valence-corrected chi connectivity index (χ1v) is 12.4. The van der Waals surface area contributed by atoms with Gasteiger partial charge in [-0.1, -0.05) is 39.5 Å². The van der Waals surface area contributed by atoms with Crippen molar-refractivity contribution >= 4 is 28.6 Å². The van der Waals surface area contributed by atoms with E-state index in [1.54, 1.807) is 6.92 Å². The molecular weight excluding hydrogens is 510 g/mol. The van der Waals surface area contributed by atoms with Crippen molar-refractivity contribution in [2.24, 2.45) is 10.5 Å². The van der Waals surface area contributed by atoms with E-state index in [1.807, 2.05) is 27.7 Å². The number of hydrogen-bond donors (Lipinski definition) is 4. The smallest absolute Gasteiger partial charge is 0.350 e. The first-order chi connectivity index (χ1) is 17.2. The molecule has 0 fully saturated rings. The average Bonchev–Trinajstić information content (AvgIpc) is 3.32. The van der Waals surface area contributed by atoms with Crippen molar-refractivity contribution in [3.05, 3.63) is 69.5 Å². The van der Waals surface area contributed by atoms with Crippen LogP contribution in [0.5, 0.6) is 0 Å². The summed E-state index contributed by atoms with van der Waals surface area (Å²) >= 11 is 1.16. The largest absolute Gasteiger partial charge is 0.416 e. The SMILES string of the molecule is CCC(C)NC(=O)C1=CC(C(F)(F)F)=CC(=C2NN=C(C(C)(C)C)S2)C1NNC(=O)c1ccc(F)cc1. The first kappa shape index (κ1) is 28.5. The highest BCUT2D eigenvalue weighted by molar-refractivity contribution is 8.17. The van der Waals surface area contributed by atoms with Crippen LogP contribution < -0.4 is 21.6 Å². The summed E-state index contributed by atoms with van der Waals surface area (Å²) < 4.78 is 54.9. The summed E-state index contributed by atoms with van der Waals surface area (Å²) in [5, 5.41) is 7.89. The maximum atomic E-state index is 13.9. The maximum absolute atomic E-state index is 13.9. The number of hydrazine groups is 1. The summed E-state index contributed by atoms with van der Waals surface area (Å²) in [6, 6.07) is 3.29. The molecule has 3 rings (SSSR count). The Kier molecular flexibility index (Phi) is 8.53. The number of carbonyl (C=O) groups is 2. The number of nitrogens with zero attached hydrogens (tertiary/aromatic N) is 1. The molecule has 12 heteroatoms. The molecule has 0 saturated heterocycles. The fourth-order valence-corrected chi connectivity index (χ4v) is 4.31. The number of hydrogen-bond acceptors (Lipinski definition) is 6. The third-order valence-corrected chi connectivity index (χ3v) is 7.05. The molecule has 0 spiro atoms. The van der Waals surface area contributed by atoms with E-state index in [4.69, 9.17) is 0 Å². The van der Waals surface area contributed by atoms with Crippen LogP contribution in [0.3, 0.4) is 0 Å². The summed E-state index contributed by atoms with van der Waals surface area (Å²) in [5.41, 5.74) is 6.51. The van der Waals surface area contributed by atoms with Crippen molar-refractivity contribution in [1.82, 2.24) is 21.6 Å². The number of alkyl halides is 3. The van der Waals surface area contributed by atoms with E-state index < -0.39 is 35.4 Å². The Morgan fingerprint density at radius 1 is 1.11 bits per heavy atom. The van der Waals surface area contributed by atoms with Gasteiger partial charge in [-0.3, -0.25) is 20.4 Å². The zero-order chi connectivity index (χ0) is 27.5. The van der Waals surface area contributed by atoms with Gasteiger partial charge in [-0.2, -0.15) is 18.3 Å². The highest BCUT2D eigenvalue weighted by atomic mass is 32.2. The van der Waals surface area contributed by atoms with E-state index in [0.29, 0.717) is 16.5 Å². The summed E-state index contributed by atoms with van der Waals surface area (Å²) in [5.74, 6) is -1.90. The Hall–Kier alpha value is -3.12. The predicted octanol–water partition coefficient (Wildman–Crippen LogP) is 4.68. The molecule has 4 N–H and O–H groups in total. The number of hydrazone groups is 1. The molecule has 1 aromatic carbocycles. The molecule has 0 radical (unpaired) electrons. The fraction of sp³-hybridized carbons (Fsp3) is 0.400. The van der Waals surface area contributed by atoms with Gasteiger partial charge in [0.05, 0.1) is 11.6 Å². The monoisotopic (exact) mass is 539 g/mol. The second-order valence-electron chi connectivity index (χ2n) is 9.68. The van der Waals surface area contributed by atoms with Crippen LogP contribution in [0.4, 0.5) is 17.6 Å². The van der Waals surface area contributed by atoms with Crippen LogP contribution in [0, 0.1) is 11.2 Å². The van der Waals surface area contributed by atoms with Crippen molar-refractivity contribution in [2.75, 3.05) is 0 Å². The van der Waals surface area contributed by atoms with E-state index in [9.17, 15) is 27.2 Å². The van der Waals surface area contributed by atoms with Crippen LogP contribution in [-0.4, -0.2) is 35.1 Å². The lowest BCUT2D eigenvalue weighted by atomic mass is 9.89. The minimum atomic E-state index is -4.73. The molecule has 200 valence electrons. The number of thioether (sulfide) groups is 1. The number of amides is 2. The van der Waals surface area contributed by atoms with Gasteiger partial charge in [0.2, 0.25) is 5.91 Å². The van der Waals surface area contributed by atoms with Gasteiger partial charge < -0.3 is 5.32 Å². The molecular formula is C25H29F4N5O2S. The van der Waals surface area contributed by atoms with Crippen LogP contribution in [0.2, 0.25) is 0 Å². The lowest BCUT2D eigenvalue weighted by molar-refractivity contribution is -0.118. The van der Waals surface area contributed by atoms with Crippen molar-refractivity contribution in [3.8, 4) is 0 Å². The molecule has 2 aliphatic rings. The number of carbonyl (C=O) groups excluding carboxylic acids is 2. The number of halogens is 4. The van der Waals surface area contributed by atoms with Crippen molar-refractivity contribution in [1.29, 1.82) is 0 Å². The minimum absolute atomic E-state index is 0.0801. The first-order valence-electron chi connectivity index (χ1n) is 11.6. The highest BCUT2D eigenvalue weighted by Gasteiger charge is 2.40. The molecule has 0 saturated carbocycles. The third-order valence-electron chi connectivity index (χ3n) is 5.62. The average molecular weight is 540 g/mol. The zero-order valence-electron chi connectivity index (χ0n) is 21.0. The molecule has 1 aliphatic heterocycles. The number of rotatable bonds is 6. The van der Waals surface area contributed by atoms with E-state index in [2.05, 4.69) is 26.7 Å². The van der Waals surface area contributed by atoms with Crippen molar-refractivity contribution < 1.29 is 27.2 Å². The molecule has 37 heavy (non-hydrogen) atoms. The van der Waals surface area contributed by atoms with Gasteiger partial charge in [0.1, 0.15) is 15.9 Å². The topological polar surface area (TPSA) is 94.6 Å². The molecule has 1 aliphatic carbocycles. The Morgan fingerprint density at radius 2 is 1.76 bits per heavy atom. The Labute approximate surface area is 216 Å². The second-order valence-corrected chi connectivity index (χ2v) is 10.7. The van der Waals surface area contributed by atoms with Crippen molar-refractivity contribution in [2.45, 2.75) is 59.3 Å². The van der Waals surface area contributed by atoms with Crippen LogP contribution in [0.1, 0.15) is 51.4 Å². The summed E-state index contributed by atoms with van der Waals surface area (Å²) in [6.45, 7) is 9.30.